The number of hydrogen-bond acceptors (Lipinski definition) is 4. The van der Waals surface area contributed by atoms with Gasteiger partial charge in [-0.3, -0.25) is 0 Å². The zero-order valence-corrected chi connectivity index (χ0v) is 9.76. The zero-order chi connectivity index (χ0) is 11.4. The predicted octanol–water partition coefficient (Wildman–Crippen LogP) is 1.60. The van der Waals surface area contributed by atoms with Gasteiger partial charge in [0.2, 0.25) is 5.95 Å². The topological polar surface area (TPSA) is 49.2 Å². The molecule has 1 aromatic rings. The number of anilines is 1. The summed E-state index contributed by atoms with van der Waals surface area (Å²) in [5, 5.41) is 8.91. The van der Waals surface area contributed by atoms with Crippen LogP contribution in [0.3, 0.4) is 0 Å². The van der Waals surface area contributed by atoms with Crippen LogP contribution in [0.1, 0.15) is 31.7 Å². The summed E-state index contributed by atoms with van der Waals surface area (Å²) in [7, 11) is 0. The first-order valence-corrected chi connectivity index (χ1v) is 6.00. The van der Waals surface area contributed by atoms with E-state index in [1.54, 1.807) is 12.4 Å². The number of rotatable bonds is 4. The summed E-state index contributed by atoms with van der Waals surface area (Å²) in [6.45, 7) is 4.38. The van der Waals surface area contributed by atoms with Crippen LogP contribution in [-0.4, -0.2) is 28.2 Å². The lowest BCUT2D eigenvalue weighted by molar-refractivity contribution is 0.281. The van der Waals surface area contributed by atoms with Gasteiger partial charge in [-0.15, -0.1) is 0 Å². The third kappa shape index (κ3) is 2.50. The van der Waals surface area contributed by atoms with Crippen LogP contribution < -0.4 is 4.90 Å². The molecule has 0 saturated carbocycles. The minimum atomic E-state index is 0.0126. The van der Waals surface area contributed by atoms with Gasteiger partial charge in [0, 0.05) is 31.0 Å². The Kier molecular flexibility index (Phi) is 3.72. The summed E-state index contributed by atoms with van der Waals surface area (Å²) < 4.78 is 0. The third-order valence-corrected chi connectivity index (χ3v) is 3.14. The normalized spacial score (nSPS) is 20.4. The molecule has 0 radical (unpaired) electrons. The van der Waals surface area contributed by atoms with Crippen LogP contribution in [0.15, 0.2) is 12.4 Å². The molecule has 1 N–H and O–H groups in total. The first-order chi connectivity index (χ1) is 7.83. The number of hydrogen-bond donors (Lipinski definition) is 1. The fourth-order valence-corrected chi connectivity index (χ4v) is 2.25. The molecule has 1 fully saturated rings. The van der Waals surface area contributed by atoms with E-state index in [2.05, 4.69) is 21.8 Å². The van der Waals surface area contributed by atoms with Gasteiger partial charge in [-0.25, -0.2) is 9.97 Å². The summed E-state index contributed by atoms with van der Waals surface area (Å²) in [5.74, 6) is 1.60. The van der Waals surface area contributed by atoms with Crippen LogP contribution in [0.2, 0.25) is 0 Å². The molecule has 1 aromatic heterocycles. The molecule has 0 bridgehead atoms. The Bertz CT molecular complexity index is 326. The van der Waals surface area contributed by atoms with Crippen molar-refractivity contribution in [1.29, 1.82) is 0 Å². The Balaban J connectivity index is 1.97. The molecule has 0 aliphatic carbocycles. The second kappa shape index (κ2) is 5.25. The van der Waals surface area contributed by atoms with E-state index in [1.807, 2.05) is 0 Å². The van der Waals surface area contributed by atoms with E-state index in [0.29, 0.717) is 0 Å². The van der Waals surface area contributed by atoms with Crippen molar-refractivity contribution in [3.8, 4) is 0 Å². The van der Waals surface area contributed by atoms with Crippen molar-refractivity contribution in [2.75, 3.05) is 18.0 Å². The summed E-state index contributed by atoms with van der Waals surface area (Å²) >= 11 is 0. The lowest BCUT2D eigenvalue weighted by Crippen LogP contribution is -2.22. The molecule has 2 rings (SSSR count). The number of nitrogens with zero attached hydrogens (tertiary/aromatic N) is 3. The highest BCUT2D eigenvalue weighted by atomic mass is 16.3. The monoisotopic (exact) mass is 221 g/mol. The van der Waals surface area contributed by atoms with Crippen molar-refractivity contribution in [1.82, 2.24) is 9.97 Å². The molecule has 4 nitrogen and oxygen atoms in total. The van der Waals surface area contributed by atoms with Crippen LogP contribution >= 0.6 is 0 Å². The molecule has 1 unspecified atom stereocenters. The summed E-state index contributed by atoms with van der Waals surface area (Å²) in [6.07, 6.45) is 7.21. The zero-order valence-electron chi connectivity index (χ0n) is 9.76. The minimum Gasteiger partial charge on any atom is -0.392 e. The highest BCUT2D eigenvalue weighted by Gasteiger charge is 2.23. The highest BCUT2D eigenvalue weighted by molar-refractivity contribution is 5.31. The van der Waals surface area contributed by atoms with Gasteiger partial charge in [0.1, 0.15) is 0 Å². The molecule has 1 atom stereocenters. The highest BCUT2D eigenvalue weighted by Crippen LogP contribution is 2.23. The largest absolute Gasteiger partial charge is 0.392 e. The van der Waals surface area contributed by atoms with Gasteiger partial charge in [0.15, 0.2) is 0 Å². The van der Waals surface area contributed by atoms with Crippen LogP contribution in [0.4, 0.5) is 5.95 Å². The molecule has 16 heavy (non-hydrogen) atoms. The van der Waals surface area contributed by atoms with Crippen molar-refractivity contribution < 1.29 is 5.11 Å². The lowest BCUT2D eigenvalue weighted by Gasteiger charge is -2.15. The lowest BCUT2D eigenvalue weighted by atomic mass is 10.0. The van der Waals surface area contributed by atoms with Gasteiger partial charge >= 0.3 is 0 Å². The summed E-state index contributed by atoms with van der Waals surface area (Å²) in [6, 6.07) is 0. The average molecular weight is 221 g/mol. The molecule has 0 amide bonds. The van der Waals surface area contributed by atoms with Gasteiger partial charge in [-0.05, 0) is 18.8 Å². The minimum absolute atomic E-state index is 0.0126. The van der Waals surface area contributed by atoms with E-state index >= 15 is 0 Å². The molecule has 4 heteroatoms. The van der Waals surface area contributed by atoms with Gasteiger partial charge in [-0.1, -0.05) is 13.3 Å². The maximum absolute atomic E-state index is 8.91. The van der Waals surface area contributed by atoms with E-state index in [4.69, 9.17) is 5.11 Å². The van der Waals surface area contributed by atoms with E-state index < -0.39 is 0 Å². The molecular weight excluding hydrogens is 202 g/mol. The SMILES string of the molecule is CCCC1CCN(c2ncc(CO)cn2)C1. The Morgan fingerprint density at radius 3 is 2.81 bits per heavy atom. The van der Waals surface area contributed by atoms with Gasteiger partial charge in [0.25, 0.3) is 0 Å². The van der Waals surface area contributed by atoms with E-state index in [-0.39, 0.29) is 6.61 Å². The Morgan fingerprint density at radius 2 is 2.19 bits per heavy atom. The van der Waals surface area contributed by atoms with Crippen LogP contribution in [0.25, 0.3) is 0 Å². The molecule has 0 spiro atoms. The molecule has 1 saturated heterocycles. The van der Waals surface area contributed by atoms with Crippen molar-refractivity contribution in [2.24, 2.45) is 5.92 Å². The third-order valence-electron chi connectivity index (χ3n) is 3.14. The molecule has 1 aliphatic heterocycles. The maximum Gasteiger partial charge on any atom is 0.225 e. The summed E-state index contributed by atoms with van der Waals surface area (Å²) in [5.41, 5.74) is 0.771. The van der Waals surface area contributed by atoms with Gasteiger partial charge in [0.05, 0.1) is 6.61 Å². The number of aromatic nitrogens is 2. The van der Waals surface area contributed by atoms with Crippen molar-refractivity contribution in [3.63, 3.8) is 0 Å². The molecule has 0 aromatic carbocycles. The van der Waals surface area contributed by atoms with Crippen LogP contribution in [0, 0.1) is 5.92 Å². The second-order valence-electron chi connectivity index (χ2n) is 4.44. The molecular formula is C12H19N3O. The van der Waals surface area contributed by atoms with Crippen molar-refractivity contribution >= 4 is 5.95 Å². The van der Waals surface area contributed by atoms with E-state index in [9.17, 15) is 0 Å². The number of aliphatic hydroxyl groups excluding tert-OH is 1. The first-order valence-electron chi connectivity index (χ1n) is 6.00. The first kappa shape index (κ1) is 11.3. The summed E-state index contributed by atoms with van der Waals surface area (Å²) in [4.78, 5) is 10.8. The van der Waals surface area contributed by atoms with Gasteiger partial charge in [-0.2, -0.15) is 0 Å². The molecule has 88 valence electrons. The smallest absolute Gasteiger partial charge is 0.225 e. The van der Waals surface area contributed by atoms with Crippen LogP contribution in [0.5, 0.6) is 0 Å². The fraction of sp³-hybridized carbons (Fsp3) is 0.667. The Hall–Kier alpha value is -1.16. The van der Waals surface area contributed by atoms with E-state index in [0.717, 1.165) is 30.5 Å². The van der Waals surface area contributed by atoms with Crippen molar-refractivity contribution in [2.45, 2.75) is 32.8 Å². The van der Waals surface area contributed by atoms with Gasteiger partial charge < -0.3 is 10.0 Å². The van der Waals surface area contributed by atoms with Crippen LogP contribution in [-0.2, 0) is 6.61 Å². The predicted molar refractivity (Wildman–Crippen MR) is 63.2 cm³/mol. The second-order valence-corrected chi connectivity index (χ2v) is 4.44. The molecule has 1 aliphatic rings. The average Bonchev–Trinajstić information content (AvgIpc) is 2.78. The van der Waals surface area contributed by atoms with E-state index in [1.165, 1.54) is 19.3 Å². The maximum atomic E-state index is 8.91. The quantitative estimate of drug-likeness (QED) is 0.839. The van der Waals surface area contributed by atoms with Crippen molar-refractivity contribution in [3.05, 3.63) is 18.0 Å². The Morgan fingerprint density at radius 1 is 1.44 bits per heavy atom. The molecule has 2 heterocycles. The standard InChI is InChI=1S/C12H19N3O/c1-2-3-10-4-5-15(8-10)12-13-6-11(9-16)7-14-12/h6-7,10,16H,2-5,8-9H2,1H3. The Labute approximate surface area is 96.3 Å². The fourth-order valence-electron chi connectivity index (χ4n) is 2.25. The number of aliphatic hydroxyl groups is 1.